The van der Waals surface area contributed by atoms with Gasteiger partial charge in [-0.2, -0.15) is 0 Å². The van der Waals surface area contributed by atoms with Crippen LogP contribution in [0.5, 0.6) is 0 Å². The number of aliphatic hydroxyl groups excluding tert-OH is 1. The molecule has 1 aliphatic rings. The summed E-state index contributed by atoms with van der Waals surface area (Å²) in [7, 11) is 1.32. The Morgan fingerprint density at radius 1 is 1.45 bits per heavy atom. The van der Waals surface area contributed by atoms with E-state index < -0.39 is 12.7 Å². The Labute approximate surface area is 125 Å². The van der Waals surface area contributed by atoms with Crippen LogP contribution in [-0.4, -0.2) is 40.0 Å². The molecule has 0 spiro atoms. The SMILES string of the molecule is COC(=O)c1ccc(/C=C2\SC(=S)N(CO)C2=O)cc1. The summed E-state index contributed by atoms with van der Waals surface area (Å²) in [5, 5.41) is 9.04. The van der Waals surface area contributed by atoms with Gasteiger partial charge in [0.15, 0.2) is 0 Å². The van der Waals surface area contributed by atoms with Gasteiger partial charge in [0.2, 0.25) is 0 Å². The molecule has 1 aromatic rings. The number of esters is 1. The molecule has 1 fully saturated rings. The average Bonchev–Trinajstić information content (AvgIpc) is 2.73. The predicted octanol–water partition coefficient (Wildman–Crippen LogP) is 1.62. The van der Waals surface area contributed by atoms with Gasteiger partial charge >= 0.3 is 5.97 Å². The number of carbonyl (C=O) groups excluding carboxylic acids is 2. The quantitative estimate of drug-likeness (QED) is 0.520. The van der Waals surface area contributed by atoms with E-state index in [0.717, 1.165) is 22.2 Å². The van der Waals surface area contributed by atoms with Crippen LogP contribution in [-0.2, 0) is 9.53 Å². The number of aliphatic hydroxyl groups is 1. The van der Waals surface area contributed by atoms with Crippen molar-refractivity contribution in [2.75, 3.05) is 13.8 Å². The second-order valence-corrected chi connectivity index (χ2v) is 5.54. The zero-order valence-corrected chi connectivity index (χ0v) is 12.2. The Balaban J connectivity index is 2.22. The van der Waals surface area contributed by atoms with Crippen LogP contribution in [0.15, 0.2) is 29.2 Å². The van der Waals surface area contributed by atoms with Gasteiger partial charge in [0.1, 0.15) is 11.1 Å². The van der Waals surface area contributed by atoms with Gasteiger partial charge in [-0.15, -0.1) is 0 Å². The number of rotatable bonds is 3. The summed E-state index contributed by atoms with van der Waals surface area (Å²) < 4.78 is 4.93. The molecule has 2 rings (SSSR count). The number of nitrogens with zero attached hydrogens (tertiary/aromatic N) is 1. The number of ether oxygens (including phenoxy) is 1. The van der Waals surface area contributed by atoms with Gasteiger partial charge in [0, 0.05) is 0 Å². The molecule has 1 aliphatic heterocycles. The summed E-state index contributed by atoms with van der Waals surface area (Å²) >= 11 is 6.12. The lowest BCUT2D eigenvalue weighted by Crippen LogP contribution is -2.28. The summed E-state index contributed by atoms with van der Waals surface area (Å²) in [4.78, 5) is 24.7. The van der Waals surface area contributed by atoms with Crippen LogP contribution in [0, 0.1) is 0 Å². The van der Waals surface area contributed by atoms with Crippen LogP contribution in [0.2, 0.25) is 0 Å². The van der Waals surface area contributed by atoms with Crippen LogP contribution in [0.25, 0.3) is 6.08 Å². The molecule has 1 heterocycles. The van der Waals surface area contributed by atoms with E-state index in [4.69, 9.17) is 17.3 Å². The first kappa shape index (κ1) is 14.7. The highest BCUT2D eigenvalue weighted by molar-refractivity contribution is 8.26. The van der Waals surface area contributed by atoms with E-state index in [2.05, 4.69) is 4.74 Å². The van der Waals surface area contributed by atoms with E-state index in [0.29, 0.717) is 14.8 Å². The first-order valence-electron chi connectivity index (χ1n) is 5.61. The van der Waals surface area contributed by atoms with Gasteiger partial charge in [0.25, 0.3) is 5.91 Å². The Hall–Kier alpha value is -1.70. The average molecular weight is 309 g/mol. The van der Waals surface area contributed by atoms with Gasteiger partial charge in [-0.25, -0.2) is 4.79 Å². The van der Waals surface area contributed by atoms with Crippen LogP contribution in [0.4, 0.5) is 0 Å². The molecule has 1 amide bonds. The van der Waals surface area contributed by atoms with Crippen LogP contribution in [0.3, 0.4) is 0 Å². The Morgan fingerprint density at radius 2 is 2.10 bits per heavy atom. The minimum absolute atomic E-state index is 0.320. The molecular formula is C13H11NO4S2. The fourth-order valence-electron chi connectivity index (χ4n) is 1.61. The van der Waals surface area contributed by atoms with Crippen molar-refractivity contribution in [3.63, 3.8) is 0 Å². The number of amides is 1. The first-order chi connectivity index (χ1) is 9.56. The highest BCUT2D eigenvalue weighted by Gasteiger charge is 2.31. The summed E-state index contributed by atoms with van der Waals surface area (Å²) in [5.74, 6) is -0.734. The highest BCUT2D eigenvalue weighted by Crippen LogP contribution is 2.31. The zero-order valence-electron chi connectivity index (χ0n) is 10.5. The maximum atomic E-state index is 11.9. The molecule has 1 saturated heterocycles. The molecular weight excluding hydrogens is 298 g/mol. The van der Waals surface area contributed by atoms with E-state index in [-0.39, 0.29) is 5.91 Å². The fourth-order valence-corrected chi connectivity index (χ4v) is 2.85. The molecule has 7 heteroatoms. The molecule has 1 aromatic carbocycles. The monoisotopic (exact) mass is 309 g/mol. The number of thioether (sulfide) groups is 1. The molecule has 0 aromatic heterocycles. The van der Waals surface area contributed by atoms with Crippen molar-refractivity contribution in [2.45, 2.75) is 0 Å². The predicted molar refractivity (Wildman–Crippen MR) is 79.9 cm³/mol. The lowest BCUT2D eigenvalue weighted by atomic mass is 10.1. The number of methoxy groups -OCH3 is 1. The van der Waals surface area contributed by atoms with Crippen molar-refractivity contribution < 1.29 is 19.4 Å². The van der Waals surface area contributed by atoms with E-state index >= 15 is 0 Å². The van der Waals surface area contributed by atoms with Crippen molar-refractivity contribution in [3.8, 4) is 0 Å². The Bertz CT molecular complexity index is 595. The summed E-state index contributed by atoms with van der Waals surface area (Å²) in [6.07, 6.45) is 1.66. The van der Waals surface area contributed by atoms with E-state index in [1.54, 1.807) is 30.3 Å². The minimum Gasteiger partial charge on any atom is -0.465 e. The third-order valence-corrected chi connectivity index (χ3v) is 4.02. The zero-order chi connectivity index (χ0) is 14.7. The Morgan fingerprint density at radius 3 is 2.60 bits per heavy atom. The molecule has 104 valence electrons. The van der Waals surface area contributed by atoms with Gasteiger partial charge in [0.05, 0.1) is 17.6 Å². The molecule has 0 atom stereocenters. The van der Waals surface area contributed by atoms with E-state index in [9.17, 15) is 9.59 Å². The van der Waals surface area contributed by atoms with Crippen molar-refractivity contribution >= 4 is 46.3 Å². The molecule has 0 radical (unpaired) electrons. The molecule has 0 unspecified atom stereocenters. The van der Waals surface area contributed by atoms with Crippen molar-refractivity contribution in [1.29, 1.82) is 0 Å². The lowest BCUT2D eigenvalue weighted by molar-refractivity contribution is -0.124. The van der Waals surface area contributed by atoms with Gasteiger partial charge in [-0.05, 0) is 23.8 Å². The molecule has 0 aliphatic carbocycles. The number of hydrogen-bond acceptors (Lipinski definition) is 6. The van der Waals surface area contributed by atoms with Crippen molar-refractivity contribution in [2.24, 2.45) is 0 Å². The lowest BCUT2D eigenvalue weighted by Gasteiger charge is -2.08. The summed E-state index contributed by atoms with van der Waals surface area (Å²) in [6, 6.07) is 6.64. The maximum Gasteiger partial charge on any atom is 0.337 e. The third-order valence-electron chi connectivity index (χ3n) is 2.64. The second-order valence-electron chi connectivity index (χ2n) is 3.86. The summed E-state index contributed by atoms with van der Waals surface area (Å²) in [6.45, 7) is -0.427. The molecule has 0 saturated carbocycles. The molecule has 0 bridgehead atoms. The Kier molecular flexibility index (Phi) is 4.53. The largest absolute Gasteiger partial charge is 0.465 e. The van der Waals surface area contributed by atoms with E-state index in [1.165, 1.54) is 7.11 Å². The maximum absolute atomic E-state index is 11.9. The highest BCUT2D eigenvalue weighted by atomic mass is 32.2. The molecule has 1 N–H and O–H groups in total. The third kappa shape index (κ3) is 2.90. The number of hydrogen-bond donors (Lipinski definition) is 1. The normalized spacial score (nSPS) is 16.9. The van der Waals surface area contributed by atoms with Crippen molar-refractivity contribution in [3.05, 3.63) is 40.3 Å². The number of thiocarbonyl (C=S) groups is 1. The number of carbonyl (C=O) groups is 2. The topological polar surface area (TPSA) is 66.8 Å². The van der Waals surface area contributed by atoms with Crippen molar-refractivity contribution in [1.82, 2.24) is 4.90 Å². The van der Waals surface area contributed by atoms with E-state index in [1.807, 2.05) is 0 Å². The standard InChI is InChI=1S/C13H11NO4S2/c1-18-12(17)9-4-2-8(3-5-9)6-10-11(16)14(7-15)13(19)20-10/h2-6,15H,7H2,1H3/b10-6-. The van der Waals surface area contributed by atoms with Gasteiger partial charge in [-0.3, -0.25) is 9.69 Å². The van der Waals surface area contributed by atoms with Gasteiger partial charge < -0.3 is 9.84 Å². The second kappa shape index (κ2) is 6.17. The molecule has 5 nitrogen and oxygen atoms in total. The minimum atomic E-state index is -0.427. The van der Waals surface area contributed by atoms with Gasteiger partial charge in [-0.1, -0.05) is 36.1 Å². The van der Waals surface area contributed by atoms with Crippen LogP contribution >= 0.6 is 24.0 Å². The smallest absolute Gasteiger partial charge is 0.337 e. The van der Waals surface area contributed by atoms with Crippen LogP contribution < -0.4 is 0 Å². The number of benzene rings is 1. The first-order valence-corrected chi connectivity index (χ1v) is 6.84. The molecule has 20 heavy (non-hydrogen) atoms. The fraction of sp³-hybridized carbons (Fsp3) is 0.154. The van der Waals surface area contributed by atoms with Crippen LogP contribution in [0.1, 0.15) is 15.9 Å². The summed E-state index contributed by atoms with van der Waals surface area (Å²) in [5.41, 5.74) is 1.20.